The van der Waals surface area contributed by atoms with Crippen LogP contribution in [-0.2, 0) is 17.8 Å². The van der Waals surface area contributed by atoms with Crippen LogP contribution in [0.3, 0.4) is 0 Å². The van der Waals surface area contributed by atoms with Gasteiger partial charge in [-0.1, -0.05) is 18.2 Å². The summed E-state index contributed by atoms with van der Waals surface area (Å²) in [6.07, 6.45) is 3.70. The molecule has 0 bridgehead atoms. The van der Waals surface area contributed by atoms with Crippen molar-refractivity contribution in [1.82, 2.24) is 9.88 Å². The zero-order valence-corrected chi connectivity index (χ0v) is 13.0. The Balaban J connectivity index is 2.06. The van der Waals surface area contributed by atoms with E-state index in [2.05, 4.69) is 4.98 Å². The molecule has 1 aromatic heterocycles. The highest BCUT2D eigenvalue weighted by atomic mass is 16.6. The second-order valence-corrected chi connectivity index (χ2v) is 5.19. The number of benzene rings is 1. The van der Waals surface area contributed by atoms with Crippen LogP contribution in [0, 0.1) is 21.4 Å². The normalized spacial score (nSPS) is 9.96. The maximum atomic E-state index is 12.5. The summed E-state index contributed by atoms with van der Waals surface area (Å²) in [5, 5.41) is 19.4. The number of rotatable bonds is 7. The number of hydrogen-bond acceptors (Lipinski definition) is 5. The second kappa shape index (κ2) is 8.39. The molecule has 7 heteroatoms. The number of pyridine rings is 1. The van der Waals surface area contributed by atoms with Gasteiger partial charge in [0.1, 0.15) is 0 Å². The number of nitrogens with zero attached hydrogens (tertiary/aromatic N) is 4. The number of nitriles is 1. The van der Waals surface area contributed by atoms with Crippen LogP contribution in [0.2, 0.25) is 0 Å². The van der Waals surface area contributed by atoms with Crippen molar-refractivity contribution in [2.75, 3.05) is 6.54 Å². The number of nitro groups is 1. The van der Waals surface area contributed by atoms with Crippen LogP contribution < -0.4 is 0 Å². The van der Waals surface area contributed by atoms with Gasteiger partial charge < -0.3 is 4.90 Å². The molecule has 1 aromatic carbocycles. The van der Waals surface area contributed by atoms with Crippen molar-refractivity contribution in [1.29, 1.82) is 5.26 Å². The maximum absolute atomic E-state index is 12.5. The lowest BCUT2D eigenvalue weighted by molar-refractivity contribution is -0.384. The van der Waals surface area contributed by atoms with Gasteiger partial charge in [-0.3, -0.25) is 19.9 Å². The van der Waals surface area contributed by atoms with Gasteiger partial charge in [0.05, 0.1) is 23.8 Å². The Labute approximate surface area is 139 Å². The topological polar surface area (TPSA) is 100 Å². The number of amides is 1. The van der Waals surface area contributed by atoms with Crippen LogP contribution >= 0.6 is 0 Å². The van der Waals surface area contributed by atoms with Gasteiger partial charge in [-0.05, 0) is 17.2 Å². The Kier molecular flexibility index (Phi) is 5.97. The van der Waals surface area contributed by atoms with Crippen LogP contribution in [0.4, 0.5) is 5.69 Å². The van der Waals surface area contributed by atoms with Crippen molar-refractivity contribution in [3.05, 3.63) is 70.0 Å². The molecule has 2 rings (SSSR count). The first kappa shape index (κ1) is 17.1. The molecule has 1 amide bonds. The number of hydrogen-bond donors (Lipinski definition) is 0. The van der Waals surface area contributed by atoms with Crippen molar-refractivity contribution in [3.8, 4) is 6.07 Å². The largest absolute Gasteiger partial charge is 0.337 e. The molecule has 2 aromatic rings. The van der Waals surface area contributed by atoms with Crippen molar-refractivity contribution < 1.29 is 9.72 Å². The third kappa shape index (κ3) is 4.88. The average molecular weight is 324 g/mol. The SMILES string of the molecule is N#CCCN(Cc1cccnc1)C(=O)Cc1ccc([N+](=O)[O-])cc1. The molecule has 0 aliphatic carbocycles. The fourth-order valence-corrected chi connectivity index (χ4v) is 2.21. The van der Waals surface area contributed by atoms with E-state index in [1.54, 1.807) is 35.5 Å². The molecule has 122 valence electrons. The smallest absolute Gasteiger partial charge is 0.269 e. The number of nitro benzene ring substituents is 1. The zero-order valence-electron chi connectivity index (χ0n) is 13.0. The summed E-state index contributed by atoms with van der Waals surface area (Å²) in [5.74, 6) is -0.136. The Morgan fingerprint density at radius 3 is 2.58 bits per heavy atom. The third-order valence-electron chi connectivity index (χ3n) is 3.44. The fourth-order valence-electron chi connectivity index (χ4n) is 2.21. The lowest BCUT2D eigenvalue weighted by atomic mass is 10.1. The number of aromatic nitrogens is 1. The molecule has 0 N–H and O–H groups in total. The highest BCUT2D eigenvalue weighted by molar-refractivity contribution is 5.78. The summed E-state index contributed by atoms with van der Waals surface area (Å²) in [6, 6.07) is 11.6. The van der Waals surface area contributed by atoms with Gasteiger partial charge in [0.25, 0.3) is 5.69 Å². The number of non-ortho nitro benzene ring substituents is 1. The van der Waals surface area contributed by atoms with Gasteiger partial charge in [0.15, 0.2) is 0 Å². The Hall–Kier alpha value is -3.27. The molecule has 7 nitrogen and oxygen atoms in total. The lowest BCUT2D eigenvalue weighted by Gasteiger charge is -2.21. The van der Waals surface area contributed by atoms with Crippen LogP contribution in [-0.4, -0.2) is 27.3 Å². The van der Waals surface area contributed by atoms with Gasteiger partial charge in [0, 0.05) is 37.6 Å². The Morgan fingerprint density at radius 1 is 1.25 bits per heavy atom. The van der Waals surface area contributed by atoms with E-state index in [9.17, 15) is 14.9 Å². The molecular weight excluding hydrogens is 308 g/mol. The van der Waals surface area contributed by atoms with Gasteiger partial charge in [-0.15, -0.1) is 0 Å². The fraction of sp³-hybridized carbons (Fsp3) is 0.235. The molecule has 0 atom stereocenters. The van der Waals surface area contributed by atoms with Crippen molar-refractivity contribution >= 4 is 11.6 Å². The summed E-state index contributed by atoms with van der Waals surface area (Å²) >= 11 is 0. The van der Waals surface area contributed by atoms with E-state index < -0.39 is 4.92 Å². The van der Waals surface area contributed by atoms with Crippen LogP contribution in [0.1, 0.15) is 17.5 Å². The van der Waals surface area contributed by atoms with Gasteiger partial charge in [0.2, 0.25) is 5.91 Å². The monoisotopic (exact) mass is 324 g/mol. The van der Waals surface area contributed by atoms with Gasteiger partial charge in [-0.2, -0.15) is 5.26 Å². The first-order valence-corrected chi connectivity index (χ1v) is 7.37. The summed E-state index contributed by atoms with van der Waals surface area (Å²) < 4.78 is 0. The van der Waals surface area contributed by atoms with E-state index in [1.807, 2.05) is 12.1 Å². The molecule has 24 heavy (non-hydrogen) atoms. The van der Waals surface area contributed by atoms with Crippen LogP contribution in [0.5, 0.6) is 0 Å². The van der Waals surface area contributed by atoms with E-state index in [0.717, 1.165) is 5.56 Å². The summed E-state index contributed by atoms with van der Waals surface area (Å²) in [5.41, 5.74) is 1.56. The zero-order chi connectivity index (χ0) is 17.4. The molecule has 0 saturated heterocycles. The Morgan fingerprint density at radius 2 is 2.00 bits per heavy atom. The van der Waals surface area contributed by atoms with Crippen LogP contribution in [0.15, 0.2) is 48.8 Å². The molecule has 0 spiro atoms. The van der Waals surface area contributed by atoms with E-state index in [0.29, 0.717) is 18.7 Å². The summed E-state index contributed by atoms with van der Waals surface area (Å²) in [4.78, 5) is 28.3. The molecule has 0 fully saturated rings. The number of carbonyl (C=O) groups is 1. The molecule has 0 aliphatic heterocycles. The van der Waals surface area contributed by atoms with Crippen LogP contribution in [0.25, 0.3) is 0 Å². The summed E-state index contributed by atoms with van der Waals surface area (Å²) in [7, 11) is 0. The third-order valence-corrected chi connectivity index (χ3v) is 3.44. The Bertz CT molecular complexity index is 739. The van der Waals surface area contributed by atoms with E-state index >= 15 is 0 Å². The molecular formula is C17H16N4O3. The van der Waals surface area contributed by atoms with Crippen molar-refractivity contribution in [3.63, 3.8) is 0 Å². The first-order valence-electron chi connectivity index (χ1n) is 7.37. The van der Waals surface area contributed by atoms with Crippen molar-refractivity contribution in [2.24, 2.45) is 0 Å². The summed E-state index contributed by atoms with van der Waals surface area (Å²) in [6.45, 7) is 0.707. The number of carbonyl (C=O) groups excluding carboxylic acids is 1. The van der Waals surface area contributed by atoms with Gasteiger partial charge in [-0.25, -0.2) is 0 Å². The molecule has 1 heterocycles. The van der Waals surface area contributed by atoms with Crippen molar-refractivity contribution in [2.45, 2.75) is 19.4 Å². The average Bonchev–Trinajstić information content (AvgIpc) is 2.60. The predicted octanol–water partition coefficient (Wildman–Crippen LogP) is 2.47. The maximum Gasteiger partial charge on any atom is 0.269 e. The second-order valence-electron chi connectivity index (χ2n) is 5.19. The lowest BCUT2D eigenvalue weighted by Crippen LogP contribution is -2.32. The minimum Gasteiger partial charge on any atom is -0.337 e. The minimum absolute atomic E-state index is 0.0112. The van der Waals surface area contributed by atoms with Gasteiger partial charge >= 0.3 is 0 Å². The molecule has 0 unspecified atom stereocenters. The van der Waals surface area contributed by atoms with E-state index in [-0.39, 0.29) is 24.4 Å². The molecule has 0 radical (unpaired) electrons. The molecule has 0 aliphatic rings. The standard InChI is InChI=1S/C17H16N4O3/c18-8-2-10-20(13-15-3-1-9-19-12-15)17(22)11-14-4-6-16(7-5-14)21(23)24/h1,3-7,9,12H,2,10-11,13H2. The quantitative estimate of drug-likeness (QED) is 0.575. The van der Waals surface area contributed by atoms with E-state index in [1.165, 1.54) is 12.1 Å². The van der Waals surface area contributed by atoms with E-state index in [4.69, 9.17) is 5.26 Å². The first-order chi connectivity index (χ1) is 11.6. The highest BCUT2D eigenvalue weighted by Crippen LogP contribution is 2.14. The highest BCUT2D eigenvalue weighted by Gasteiger charge is 2.15. The minimum atomic E-state index is -0.479. The molecule has 0 saturated carbocycles. The predicted molar refractivity (Wildman–Crippen MR) is 86.7 cm³/mol.